The molecule has 7 heteroatoms. The molecule has 4 aromatic rings. The van der Waals surface area contributed by atoms with Gasteiger partial charge in [0.25, 0.3) is 0 Å². The van der Waals surface area contributed by atoms with Crippen LogP contribution in [-0.4, -0.2) is 29.5 Å². The minimum Gasteiger partial charge on any atom is -0.512 e. The second-order valence-electron chi connectivity index (χ2n) is 7.89. The van der Waals surface area contributed by atoms with Crippen LogP contribution in [0.25, 0.3) is 33.1 Å². The van der Waals surface area contributed by atoms with Crippen LogP contribution in [0.5, 0.6) is 0 Å². The van der Waals surface area contributed by atoms with Gasteiger partial charge in [0.2, 0.25) is 0 Å². The Balaban J connectivity index is 1.73. The molecule has 0 spiro atoms. The number of aromatic amines is 1. The highest BCUT2D eigenvalue weighted by Crippen LogP contribution is 2.36. The van der Waals surface area contributed by atoms with E-state index in [9.17, 15) is 10.2 Å². The van der Waals surface area contributed by atoms with Crippen LogP contribution in [0.1, 0.15) is 32.5 Å². The number of H-pyrrole nitrogens is 1. The van der Waals surface area contributed by atoms with E-state index in [4.69, 9.17) is 12.2 Å². The fourth-order valence-corrected chi connectivity index (χ4v) is 4.86. The van der Waals surface area contributed by atoms with Crippen LogP contribution in [-0.2, 0) is 6.54 Å². The maximum Gasteiger partial charge on any atom is 0.200 e. The number of aromatic nitrogens is 4. The molecular weight excluding hydrogens is 408 g/mol. The molecular formula is C24H24N4O2S. The lowest BCUT2D eigenvalue weighted by Gasteiger charge is -2.21. The standard InChI is InChI=1S/C24H24N4O2S/c1-3-14-11-18(22(30)13-21(14)29)23-25-26-24(31)28(23)15-9-10-20-17(12-15)16-7-5-6-8-19(16)27(20)4-2/h5-10,12-14,29-30H,3-4,11H2,1-2H3,(H,26,31). The number of aryl methyl sites for hydroxylation is 1. The van der Waals surface area contributed by atoms with Crippen molar-refractivity contribution in [3.63, 3.8) is 0 Å². The lowest BCUT2D eigenvalue weighted by atomic mass is 9.89. The van der Waals surface area contributed by atoms with E-state index < -0.39 is 0 Å². The molecule has 158 valence electrons. The number of benzene rings is 2. The van der Waals surface area contributed by atoms with Gasteiger partial charge in [-0.15, -0.1) is 0 Å². The third-order valence-electron chi connectivity index (χ3n) is 6.23. The van der Waals surface area contributed by atoms with Crippen LogP contribution in [0.2, 0.25) is 0 Å². The Labute approximate surface area is 184 Å². The predicted octanol–water partition coefficient (Wildman–Crippen LogP) is 6.20. The average molecular weight is 433 g/mol. The number of hydrogen-bond donors (Lipinski definition) is 3. The number of fused-ring (bicyclic) bond motifs is 3. The number of aliphatic hydroxyl groups is 2. The van der Waals surface area contributed by atoms with E-state index in [-0.39, 0.29) is 17.4 Å². The van der Waals surface area contributed by atoms with Gasteiger partial charge in [-0.05, 0) is 56.2 Å². The summed E-state index contributed by atoms with van der Waals surface area (Å²) < 4.78 is 4.63. The zero-order valence-corrected chi connectivity index (χ0v) is 18.3. The molecule has 31 heavy (non-hydrogen) atoms. The number of allylic oxidation sites excluding steroid dienone is 3. The topological polar surface area (TPSA) is 79.0 Å². The van der Waals surface area contributed by atoms with Gasteiger partial charge >= 0.3 is 0 Å². The molecule has 1 atom stereocenters. The molecule has 0 saturated heterocycles. The zero-order chi connectivity index (χ0) is 21.7. The first-order valence-corrected chi connectivity index (χ1v) is 11.0. The molecule has 5 rings (SSSR count). The molecule has 0 amide bonds. The third kappa shape index (κ3) is 2.99. The summed E-state index contributed by atoms with van der Waals surface area (Å²) in [5.74, 6) is 0.761. The smallest absolute Gasteiger partial charge is 0.200 e. The van der Waals surface area contributed by atoms with Crippen LogP contribution in [0.15, 0.2) is 60.1 Å². The van der Waals surface area contributed by atoms with Gasteiger partial charge in [-0.1, -0.05) is 25.1 Å². The van der Waals surface area contributed by atoms with Gasteiger partial charge in [0.1, 0.15) is 5.76 Å². The molecule has 2 heterocycles. The molecule has 1 aliphatic rings. The Bertz CT molecular complexity index is 1440. The molecule has 1 aliphatic carbocycles. The normalized spacial score (nSPS) is 17.0. The molecule has 0 fully saturated rings. The average Bonchev–Trinajstić information content (AvgIpc) is 3.31. The summed E-state index contributed by atoms with van der Waals surface area (Å²) in [4.78, 5) is 0. The molecule has 0 saturated carbocycles. The highest BCUT2D eigenvalue weighted by Gasteiger charge is 2.26. The Morgan fingerprint density at radius 1 is 1.10 bits per heavy atom. The fourth-order valence-electron chi connectivity index (χ4n) is 4.62. The summed E-state index contributed by atoms with van der Waals surface area (Å²) in [6.45, 7) is 5.05. The van der Waals surface area contributed by atoms with Gasteiger partial charge in [-0.3, -0.25) is 9.67 Å². The summed E-state index contributed by atoms with van der Waals surface area (Å²) in [6.07, 6.45) is 2.70. The molecule has 1 unspecified atom stereocenters. The van der Waals surface area contributed by atoms with E-state index in [2.05, 4.69) is 58.1 Å². The second kappa shape index (κ2) is 7.42. The molecule has 2 aromatic heterocycles. The summed E-state index contributed by atoms with van der Waals surface area (Å²) in [5.41, 5.74) is 3.93. The molecule has 3 N–H and O–H groups in total. The largest absolute Gasteiger partial charge is 0.512 e. The van der Waals surface area contributed by atoms with Crippen molar-refractivity contribution < 1.29 is 10.2 Å². The van der Waals surface area contributed by atoms with Crippen LogP contribution >= 0.6 is 12.2 Å². The first-order chi connectivity index (χ1) is 15.0. The van der Waals surface area contributed by atoms with Crippen molar-refractivity contribution in [3.8, 4) is 5.69 Å². The molecule has 0 radical (unpaired) electrons. The van der Waals surface area contributed by atoms with Crippen LogP contribution < -0.4 is 0 Å². The summed E-state index contributed by atoms with van der Waals surface area (Å²) in [6, 6.07) is 14.7. The Kier molecular flexibility index (Phi) is 4.70. The van der Waals surface area contributed by atoms with Crippen molar-refractivity contribution >= 4 is 39.6 Å². The van der Waals surface area contributed by atoms with Gasteiger partial charge < -0.3 is 14.8 Å². The minimum atomic E-state index is -0.0466. The van der Waals surface area contributed by atoms with Gasteiger partial charge in [0.05, 0.1) is 11.4 Å². The predicted molar refractivity (Wildman–Crippen MR) is 126 cm³/mol. The lowest BCUT2D eigenvalue weighted by Crippen LogP contribution is -2.13. The van der Waals surface area contributed by atoms with E-state index >= 15 is 0 Å². The van der Waals surface area contributed by atoms with Crippen LogP contribution in [0.4, 0.5) is 0 Å². The molecule has 0 bridgehead atoms. The Morgan fingerprint density at radius 3 is 2.65 bits per heavy atom. The van der Waals surface area contributed by atoms with Gasteiger partial charge in [0.15, 0.2) is 10.6 Å². The number of nitrogens with zero attached hydrogens (tertiary/aromatic N) is 3. The van der Waals surface area contributed by atoms with Crippen molar-refractivity contribution in [1.82, 2.24) is 19.3 Å². The number of para-hydroxylation sites is 1. The summed E-state index contributed by atoms with van der Waals surface area (Å²) in [7, 11) is 0. The van der Waals surface area contributed by atoms with E-state index in [1.165, 1.54) is 22.5 Å². The fraction of sp³-hybridized carbons (Fsp3) is 0.250. The maximum absolute atomic E-state index is 10.6. The zero-order valence-electron chi connectivity index (χ0n) is 17.5. The van der Waals surface area contributed by atoms with Crippen molar-refractivity contribution in [3.05, 3.63) is 70.7 Å². The van der Waals surface area contributed by atoms with E-state index in [1.807, 2.05) is 17.6 Å². The van der Waals surface area contributed by atoms with Crippen molar-refractivity contribution in [2.45, 2.75) is 33.2 Å². The highest BCUT2D eigenvalue weighted by atomic mass is 32.1. The van der Waals surface area contributed by atoms with Crippen LogP contribution in [0, 0.1) is 10.7 Å². The number of hydrogen-bond acceptors (Lipinski definition) is 4. The SMILES string of the molecule is CCC1CC(c2n[nH]c(=S)n2-c2ccc3c(c2)c2ccccc2n3CC)=C(O)C=C1O. The van der Waals surface area contributed by atoms with Gasteiger partial charge in [-0.25, -0.2) is 0 Å². The highest BCUT2D eigenvalue weighted by molar-refractivity contribution is 7.71. The monoisotopic (exact) mass is 432 g/mol. The maximum atomic E-state index is 10.6. The molecule has 6 nitrogen and oxygen atoms in total. The number of rotatable bonds is 4. The number of nitrogens with one attached hydrogen (secondary N) is 1. The Morgan fingerprint density at radius 2 is 1.87 bits per heavy atom. The van der Waals surface area contributed by atoms with Crippen molar-refractivity contribution in [1.29, 1.82) is 0 Å². The van der Waals surface area contributed by atoms with E-state index in [0.717, 1.165) is 24.0 Å². The summed E-state index contributed by atoms with van der Waals surface area (Å²) in [5, 5.41) is 30.4. The van der Waals surface area contributed by atoms with Gasteiger partial charge in [-0.2, -0.15) is 5.10 Å². The molecule has 2 aromatic carbocycles. The first-order valence-electron chi connectivity index (χ1n) is 10.5. The Hall–Kier alpha value is -3.32. The van der Waals surface area contributed by atoms with Crippen molar-refractivity contribution in [2.75, 3.05) is 0 Å². The number of aliphatic hydroxyl groups excluding tert-OH is 2. The lowest BCUT2D eigenvalue weighted by molar-refractivity contribution is 0.310. The second-order valence-corrected chi connectivity index (χ2v) is 8.28. The summed E-state index contributed by atoms with van der Waals surface area (Å²) >= 11 is 5.56. The minimum absolute atomic E-state index is 0.0288. The molecule has 0 aliphatic heterocycles. The van der Waals surface area contributed by atoms with Gasteiger partial charge in [0, 0.05) is 45.9 Å². The van der Waals surface area contributed by atoms with Crippen molar-refractivity contribution in [2.24, 2.45) is 5.92 Å². The van der Waals surface area contributed by atoms with E-state index in [1.54, 1.807) is 0 Å². The van der Waals surface area contributed by atoms with Crippen LogP contribution in [0.3, 0.4) is 0 Å². The quantitative estimate of drug-likeness (QED) is 0.336. The first kappa shape index (κ1) is 19.6. The van der Waals surface area contributed by atoms with E-state index in [0.29, 0.717) is 22.6 Å². The third-order valence-corrected chi connectivity index (χ3v) is 6.50.